The maximum atomic E-state index is 9.44. The Balaban J connectivity index is 2.50. The molecule has 0 bridgehead atoms. The highest BCUT2D eigenvalue weighted by molar-refractivity contribution is 7.99. The van der Waals surface area contributed by atoms with E-state index in [4.69, 9.17) is 22.1 Å². The standard InChI is InChI=1S/C10H14ClNO2S/c1-14-5-8(13)6-15-10-3-2-7(11)4-9(10)12/h2-4,8,13H,5-6,12H2,1H3. The van der Waals surface area contributed by atoms with Gasteiger partial charge in [0.2, 0.25) is 0 Å². The number of rotatable bonds is 5. The van der Waals surface area contributed by atoms with E-state index in [0.29, 0.717) is 23.1 Å². The summed E-state index contributed by atoms with van der Waals surface area (Å²) >= 11 is 7.26. The van der Waals surface area contributed by atoms with Gasteiger partial charge in [0.15, 0.2) is 0 Å². The van der Waals surface area contributed by atoms with Crippen molar-refractivity contribution in [3.05, 3.63) is 23.2 Å². The van der Waals surface area contributed by atoms with Crippen molar-refractivity contribution >= 4 is 29.1 Å². The molecule has 1 aromatic carbocycles. The van der Waals surface area contributed by atoms with E-state index in [2.05, 4.69) is 0 Å². The second-order valence-electron chi connectivity index (χ2n) is 3.10. The third-order valence-corrected chi connectivity index (χ3v) is 3.23. The molecule has 1 unspecified atom stereocenters. The largest absolute Gasteiger partial charge is 0.398 e. The number of hydrogen-bond acceptors (Lipinski definition) is 4. The smallest absolute Gasteiger partial charge is 0.0867 e. The van der Waals surface area contributed by atoms with Crippen molar-refractivity contribution in [3.63, 3.8) is 0 Å². The minimum atomic E-state index is -0.477. The molecule has 5 heteroatoms. The van der Waals surface area contributed by atoms with Gasteiger partial charge in [0, 0.05) is 28.5 Å². The van der Waals surface area contributed by atoms with Gasteiger partial charge in [-0.3, -0.25) is 0 Å². The van der Waals surface area contributed by atoms with Gasteiger partial charge in [-0.05, 0) is 18.2 Å². The van der Waals surface area contributed by atoms with Gasteiger partial charge in [-0.25, -0.2) is 0 Å². The summed E-state index contributed by atoms with van der Waals surface area (Å²) in [6.07, 6.45) is -0.477. The minimum absolute atomic E-state index is 0.334. The highest BCUT2D eigenvalue weighted by Gasteiger charge is 2.06. The van der Waals surface area contributed by atoms with E-state index in [0.717, 1.165) is 4.90 Å². The zero-order chi connectivity index (χ0) is 11.3. The molecule has 1 atom stereocenters. The van der Waals surface area contributed by atoms with Crippen LogP contribution in [-0.4, -0.2) is 30.7 Å². The average Bonchev–Trinajstić information content (AvgIpc) is 2.17. The Morgan fingerprint density at radius 1 is 1.60 bits per heavy atom. The van der Waals surface area contributed by atoms with E-state index in [-0.39, 0.29) is 0 Å². The Hall–Kier alpha value is -0.420. The van der Waals surface area contributed by atoms with Gasteiger partial charge < -0.3 is 15.6 Å². The van der Waals surface area contributed by atoms with Crippen molar-refractivity contribution < 1.29 is 9.84 Å². The van der Waals surface area contributed by atoms with Crippen LogP contribution in [0.15, 0.2) is 23.1 Å². The number of halogens is 1. The molecule has 84 valence electrons. The fourth-order valence-electron chi connectivity index (χ4n) is 1.08. The molecule has 1 rings (SSSR count). The van der Waals surface area contributed by atoms with Gasteiger partial charge >= 0.3 is 0 Å². The minimum Gasteiger partial charge on any atom is -0.398 e. The second kappa shape index (κ2) is 6.23. The lowest BCUT2D eigenvalue weighted by Crippen LogP contribution is -2.16. The van der Waals surface area contributed by atoms with Gasteiger partial charge in [0.05, 0.1) is 12.7 Å². The summed E-state index contributed by atoms with van der Waals surface area (Å²) in [5, 5.41) is 10.1. The number of methoxy groups -OCH3 is 1. The summed E-state index contributed by atoms with van der Waals surface area (Å²) in [4.78, 5) is 0.926. The number of aliphatic hydroxyl groups is 1. The number of nitrogens with two attached hydrogens (primary N) is 1. The predicted octanol–water partition coefficient (Wildman–Crippen LogP) is 2.02. The Morgan fingerprint density at radius 3 is 2.93 bits per heavy atom. The molecule has 0 aromatic heterocycles. The van der Waals surface area contributed by atoms with Crippen molar-refractivity contribution in [3.8, 4) is 0 Å². The Labute approximate surface area is 98.6 Å². The molecule has 3 N–H and O–H groups in total. The van der Waals surface area contributed by atoms with Crippen LogP contribution in [0.3, 0.4) is 0 Å². The van der Waals surface area contributed by atoms with Gasteiger partial charge in [0.1, 0.15) is 0 Å². The number of anilines is 1. The third-order valence-electron chi connectivity index (χ3n) is 1.76. The molecule has 0 aliphatic carbocycles. The lowest BCUT2D eigenvalue weighted by atomic mass is 10.3. The van der Waals surface area contributed by atoms with Crippen molar-refractivity contribution in [1.29, 1.82) is 0 Å². The quantitative estimate of drug-likeness (QED) is 0.618. The summed E-state index contributed by atoms with van der Waals surface area (Å²) < 4.78 is 4.83. The van der Waals surface area contributed by atoms with E-state index < -0.39 is 6.10 Å². The van der Waals surface area contributed by atoms with Crippen molar-refractivity contribution in [2.24, 2.45) is 0 Å². The molecule has 0 radical (unpaired) electrons. The van der Waals surface area contributed by atoms with Crippen LogP contribution in [0.25, 0.3) is 0 Å². The molecule has 0 saturated carbocycles. The van der Waals surface area contributed by atoms with Crippen molar-refractivity contribution in [2.75, 3.05) is 25.2 Å². The van der Waals surface area contributed by atoms with Crippen LogP contribution in [-0.2, 0) is 4.74 Å². The lowest BCUT2D eigenvalue weighted by Gasteiger charge is -2.10. The van der Waals surface area contributed by atoms with E-state index in [1.165, 1.54) is 11.8 Å². The monoisotopic (exact) mass is 247 g/mol. The molecule has 15 heavy (non-hydrogen) atoms. The van der Waals surface area contributed by atoms with Crippen LogP contribution >= 0.6 is 23.4 Å². The number of hydrogen-bond donors (Lipinski definition) is 2. The van der Waals surface area contributed by atoms with Gasteiger partial charge in [-0.1, -0.05) is 11.6 Å². The Bertz CT molecular complexity index is 322. The summed E-state index contributed by atoms with van der Waals surface area (Å²) in [5.41, 5.74) is 6.40. The molecule has 0 spiro atoms. The predicted molar refractivity (Wildman–Crippen MR) is 64.5 cm³/mol. The van der Waals surface area contributed by atoms with Crippen molar-refractivity contribution in [2.45, 2.75) is 11.0 Å². The Kier molecular flexibility index (Phi) is 5.25. The van der Waals surface area contributed by atoms with Gasteiger partial charge in [-0.2, -0.15) is 0 Å². The lowest BCUT2D eigenvalue weighted by molar-refractivity contribution is 0.0794. The summed E-state index contributed by atoms with van der Waals surface area (Å²) in [7, 11) is 1.56. The summed E-state index contributed by atoms with van der Waals surface area (Å²) in [6, 6.07) is 5.33. The van der Waals surface area contributed by atoms with Crippen LogP contribution in [0.4, 0.5) is 5.69 Å². The molecule has 0 aliphatic rings. The first kappa shape index (κ1) is 12.6. The molecular weight excluding hydrogens is 234 g/mol. The topological polar surface area (TPSA) is 55.5 Å². The van der Waals surface area contributed by atoms with Crippen molar-refractivity contribution in [1.82, 2.24) is 0 Å². The first-order valence-corrected chi connectivity index (χ1v) is 5.84. The molecule has 0 aliphatic heterocycles. The molecule has 1 aromatic rings. The van der Waals surface area contributed by atoms with Crippen LogP contribution in [0.2, 0.25) is 5.02 Å². The van der Waals surface area contributed by atoms with Crippen LogP contribution in [0, 0.1) is 0 Å². The molecular formula is C10H14ClNO2S. The number of aliphatic hydroxyl groups excluding tert-OH is 1. The van der Waals surface area contributed by atoms with Crippen LogP contribution < -0.4 is 5.73 Å². The molecule has 0 amide bonds. The average molecular weight is 248 g/mol. The second-order valence-corrected chi connectivity index (χ2v) is 4.60. The van der Waals surface area contributed by atoms with E-state index in [9.17, 15) is 5.11 Å². The fourth-order valence-corrected chi connectivity index (χ4v) is 2.12. The maximum absolute atomic E-state index is 9.44. The highest BCUT2D eigenvalue weighted by atomic mass is 35.5. The fraction of sp³-hybridized carbons (Fsp3) is 0.400. The number of nitrogen functional groups attached to an aromatic ring is 1. The maximum Gasteiger partial charge on any atom is 0.0867 e. The van der Waals surface area contributed by atoms with E-state index >= 15 is 0 Å². The molecule has 0 saturated heterocycles. The van der Waals surface area contributed by atoms with Gasteiger partial charge in [-0.15, -0.1) is 11.8 Å². The van der Waals surface area contributed by atoms with E-state index in [1.54, 1.807) is 19.2 Å². The highest BCUT2D eigenvalue weighted by Crippen LogP contribution is 2.27. The first-order valence-electron chi connectivity index (χ1n) is 4.48. The zero-order valence-corrected chi connectivity index (χ0v) is 10.0. The molecule has 0 fully saturated rings. The van der Waals surface area contributed by atoms with Crippen LogP contribution in [0.1, 0.15) is 0 Å². The summed E-state index contributed by atoms with van der Waals surface area (Å²) in [5.74, 6) is 0.555. The number of thioether (sulfide) groups is 1. The SMILES string of the molecule is COCC(O)CSc1ccc(Cl)cc1N. The third kappa shape index (κ3) is 4.30. The van der Waals surface area contributed by atoms with Gasteiger partial charge in [0.25, 0.3) is 0 Å². The zero-order valence-electron chi connectivity index (χ0n) is 8.44. The molecule has 3 nitrogen and oxygen atoms in total. The molecule has 0 heterocycles. The summed E-state index contributed by atoms with van der Waals surface area (Å²) in [6.45, 7) is 0.334. The van der Waals surface area contributed by atoms with Crippen LogP contribution in [0.5, 0.6) is 0 Å². The van der Waals surface area contributed by atoms with E-state index in [1.807, 2.05) is 6.07 Å². The first-order chi connectivity index (χ1) is 7.13. The number of benzene rings is 1. The normalized spacial score (nSPS) is 12.7. The number of ether oxygens (including phenoxy) is 1. The Morgan fingerprint density at radius 2 is 2.33 bits per heavy atom.